The largest absolute Gasteiger partial charge is 0.344 e. The van der Waals surface area contributed by atoms with Crippen molar-refractivity contribution < 1.29 is 0 Å². The van der Waals surface area contributed by atoms with Gasteiger partial charge in [0.15, 0.2) is 5.84 Å². The predicted molar refractivity (Wildman–Crippen MR) is 263 cm³/mol. The van der Waals surface area contributed by atoms with E-state index in [1.165, 1.54) is 71.9 Å². The summed E-state index contributed by atoms with van der Waals surface area (Å²) < 4.78 is 2.40. The summed E-state index contributed by atoms with van der Waals surface area (Å²) in [6.45, 7) is 13.4. The van der Waals surface area contributed by atoms with Crippen LogP contribution in [0.4, 0.5) is 0 Å². The van der Waals surface area contributed by atoms with Crippen LogP contribution in [0.25, 0.3) is 49.7 Å². The first kappa shape index (κ1) is 40.1. The number of amidine groups is 2. The normalized spacial score (nSPS) is 13.6. The van der Waals surface area contributed by atoms with E-state index >= 15 is 0 Å². The molecule has 0 spiro atoms. The first-order valence-electron chi connectivity index (χ1n) is 21.6. The monoisotopic (exact) mass is 804 g/mol. The minimum absolute atomic E-state index is 0.239. The van der Waals surface area contributed by atoms with E-state index in [2.05, 4.69) is 209 Å². The van der Waals surface area contributed by atoms with Crippen LogP contribution < -0.4 is 5.32 Å². The number of nitrogens with zero attached hydrogens (tertiary/aromatic N) is 3. The molecule has 10 rings (SSSR count). The van der Waals surface area contributed by atoms with Crippen LogP contribution in [0.5, 0.6) is 0 Å². The van der Waals surface area contributed by atoms with Gasteiger partial charge < -0.3 is 9.88 Å². The minimum Gasteiger partial charge on any atom is -0.344 e. The molecule has 9 aromatic rings. The van der Waals surface area contributed by atoms with Crippen LogP contribution in [0, 0.1) is 27.7 Å². The maximum Gasteiger partial charge on any atom is 0.159 e. The fourth-order valence-electron chi connectivity index (χ4n) is 8.75. The zero-order chi connectivity index (χ0) is 42.7. The molecule has 1 aromatic heterocycles. The smallest absolute Gasteiger partial charge is 0.159 e. The Morgan fingerprint density at radius 3 is 1.74 bits per heavy atom. The highest BCUT2D eigenvalue weighted by atomic mass is 15.2. The standard InChI is InChI=1S/C49H40N4.C9H12/c1-31-15-11-12-20-39(31)45-32(2)23-24-33(3)46(45)41-30-42-40-21-13-14-22-43(40)53(44(42)29-34(41)4)38-27-25-37(26-28-38)49-51-47(35-16-7-5-8-17-35)50-48(52-49)36-18-9-6-10-19-36;1-8(2)9-6-4-3-5-7-9/h5-30,47H,1-4H3,(H,50,51,52);3-8H,1-2H3. The molecule has 1 unspecified atom stereocenters. The van der Waals surface area contributed by atoms with Crippen molar-refractivity contribution >= 4 is 33.5 Å². The molecule has 0 saturated heterocycles. The summed E-state index contributed by atoms with van der Waals surface area (Å²) in [7, 11) is 0. The molecule has 304 valence electrons. The zero-order valence-corrected chi connectivity index (χ0v) is 36.4. The summed E-state index contributed by atoms with van der Waals surface area (Å²) >= 11 is 0. The van der Waals surface area contributed by atoms with Gasteiger partial charge in [0.2, 0.25) is 0 Å². The molecule has 0 fully saturated rings. The van der Waals surface area contributed by atoms with Crippen molar-refractivity contribution in [3.05, 3.63) is 233 Å². The highest BCUT2D eigenvalue weighted by molar-refractivity contribution is 6.14. The summed E-state index contributed by atoms with van der Waals surface area (Å²) in [4.78, 5) is 10.0. The van der Waals surface area contributed by atoms with Gasteiger partial charge >= 0.3 is 0 Å². The van der Waals surface area contributed by atoms with Gasteiger partial charge in [0.25, 0.3) is 0 Å². The Morgan fingerprint density at radius 1 is 0.484 bits per heavy atom. The van der Waals surface area contributed by atoms with Crippen molar-refractivity contribution in [1.82, 2.24) is 9.88 Å². The molecule has 0 amide bonds. The van der Waals surface area contributed by atoms with Gasteiger partial charge in [0.05, 0.1) is 11.0 Å². The number of hydrogen-bond acceptors (Lipinski definition) is 3. The van der Waals surface area contributed by atoms with Crippen molar-refractivity contribution in [2.75, 3.05) is 0 Å². The highest BCUT2D eigenvalue weighted by Gasteiger charge is 2.23. The Morgan fingerprint density at radius 2 is 1.08 bits per heavy atom. The molecule has 62 heavy (non-hydrogen) atoms. The lowest BCUT2D eigenvalue weighted by atomic mass is 9.84. The average Bonchev–Trinajstić information content (AvgIpc) is 3.63. The van der Waals surface area contributed by atoms with Crippen molar-refractivity contribution in [2.45, 2.75) is 53.6 Å². The van der Waals surface area contributed by atoms with E-state index in [9.17, 15) is 0 Å². The number of aromatic nitrogens is 1. The summed E-state index contributed by atoms with van der Waals surface area (Å²) in [5.41, 5.74) is 18.3. The quantitative estimate of drug-likeness (QED) is 0.171. The van der Waals surface area contributed by atoms with Gasteiger partial charge in [-0.1, -0.05) is 159 Å². The third-order valence-electron chi connectivity index (χ3n) is 12.1. The second kappa shape index (κ2) is 17.4. The van der Waals surface area contributed by atoms with Crippen molar-refractivity contribution in [1.29, 1.82) is 0 Å². The second-order valence-corrected chi connectivity index (χ2v) is 16.7. The first-order chi connectivity index (χ1) is 30.2. The number of rotatable bonds is 7. The van der Waals surface area contributed by atoms with E-state index in [0.29, 0.717) is 5.92 Å². The summed E-state index contributed by atoms with van der Waals surface area (Å²) in [6.07, 6.45) is -0.239. The molecule has 1 aliphatic rings. The van der Waals surface area contributed by atoms with Crippen LogP contribution in [-0.2, 0) is 0 Å². The zero-order valence-electron chi connectivity index (χ0n) is 36.4. The Hall–Kier alpha value is -7.30. The summed E-state index contributed by atoms with van der Waals surface area (Å²) in [5.74, 6) is 2.19. The molecule has 1 aliphatic heterocycles. The van der Waals surface area contributed by atoms with E-state index in [1.807, 2.05) is 30.3 Å². The van der Waals surface area contributed by atoms with Gasteiger partial charge in [0.1, 0.15) is 12.0 Å². The molecule has 0 aliphatic carbocycles. The highest BCUT2D eigenvalue weighted by Crippen LogP contribution is 2.43. The Bertz CT molecular complexity index is 3080. The minimum atomic E-state index is -0.239. The predicted octanol–water partition coefficient (Wildman–Crippen LogP) is 14.7. The number of hydrogen-bond donors (Lipinski definition) is 1. The van der Waals surface area contributed by atoms with E-state index in [-0.39, 0.29) is 6.17 Å². The van der Waals surface area contributed by atoms with Crippen LogP contribution in [0.1, 0.15) is 70.4 Å². The molecule has 0 saturated carbocycles. The lowest BCUT2D eigenvalue weighted by Crippen LogP contribution is -2.33. The van der Waals surface area contributed by atoms with Crippen molar-refractivity contribution in [3.63, 3.8) is 0 Å². The van der Waals surface area contributed by atoms with Crippen molar-refractivity contribution in [2.24, 2.45) is 9.98 Å². The molecule has 1 atom stereocenters. The van der Waals surface area contributed by atoms with Crippen LogP contribution in [0.2, 0.25) is 0 Å². The van der Waals surface area contributed by atoms with Gasteiger partial charge in [-0.05, 0) is 132 Å². The van der Waals surface area contributed by atoms with E-state index in [0.717, 1.165) is 34.0 Å². The third-order valence-corrected chi connectivity index (χ3v) is 12.1. The molecule has 4 heteroatoms. The molecular formula is C58H52N4. The van der Waals surface area contributed by atoms with Crippen LogP contribution in [0.15, 0.2) is 198 Å². The molecule has 8 aromatic carbocycles. The van der Waals surface area contributed by atoms with Crippen LogP contribution >= 0.6 is 0 Å². The lowest BCUT2D eigenvalue weighted by molar-refractivity contribution is 0.674. The van der Waals surface area contributed by atoms with Gasteiger partial charge in [-0.25, -0.2) is 9.98 Å². The topological polar surface area (TPSA) is 41.7 Å². The van der Waals surface area contributed by atoms with Gasteiger partial charge in [-0.2, -0.15) is 0 Å². The average molecular weight is 805 g/mol. The molecule has 1 N–H and O–H groups in total. The lowest BCUT2D eigenvalue weighted by Gasteiger charge is -2.23. The summed E-state index contributed by atoms with van der Waals surface area (Å²) in [6, 6.07) is 66.7. The number of aliphatic imine (C=N–C) groups is 2. The van der Waals surface area contributed by atoms with E-state index in [1.54, 1.807) is 0 Å². The number of benzene rings is 8. The maximum atomic E-state index is 5.04. The first-order valence-corrected chi connectivity index (χ1v) is 21.6. The molecule has 0 bridgehead atoms. The van der Waals surface area contributed by atoms with Gasteiger partial charge in [0, 0.05) is 27.6 Å². The van der Waals surface area contributed by atoms with Crippen LogP contribution in [-0.4, -0.2) is 16.2 Å². The number of aryl methyl sites for hydroxylation is 4. The number of fused-ring (bicyclic) bond motifs is 3. The third kappa shape index (κ3) is 7.88. The molecular weight excluding hydrogens is 753 g/mol. The molecule has 0 radical (unpaired) electrons. The Labute approximate surface area is 366 Å². The van der Waals surface area contributed by atoms with E-state index < -0.39 is 0 Å². The number of para-hydroxylation sites is 1. The van der Waals surface area contributed by atoms with Crippen LogP contribution in [0.3, 0.4) is 0 Å². The Kier molecular flexibility index (Phi) is 11.2. The van der Waals surface area contributed by atoms with Gasteiger partial charge in [-0.3, -0.25) is 0 Å². The second-order valence-electron chi connectivity index (χ2n) is 16.7. The van der Waals surface area contributed by atoms with E-state index in [4.69, 9.17) is 9.98 Å². The summed E-state index contributed by atoms with van der Waals surface area (Å²) in [5, 5.41) is 6.10. The Balaban J connectivity index is 0.000000486. The molecule has 2 heterocycles. The van der Waals surface area contributed by atoms with Gasteiger partial charge in [-0.15, -0.1) is 0 Å². The maximum absolute atomic E-state index is 5.04. The fourth-order valence-corrected chi connectivity index (χ4v) is 8.75. The van der Waals surface area contributed by atoms with Crippen molar-refractivity contribution in [3.8, 4) is 27.9 Å². The molecule has 4 nitrogen and oxygen atoms in total. The SMILES string of the molecule is CC(C)c1ccccc1.Cc1ccccc1-c1c(C)ccc(C)c1-c1cc2c3ccccc3n(-c3ccc(C4=NC(c5ccccc5)=NC(c5ccccc5)N4)cc3)c2cc1C. The number of nitrogens with one attached hydrogen (secondary N) is 1. The fraction of sp³-hybridized carbons (Fsp3) is 0.138.